The molecule has 4 nitrogen and oxygen atoms in total. The molecular weight excluding hydrogens is 499 g/mol. The molecule has 31 heavy (non-hydrogen) atoms. The molecule has 1 fully saturated rings. The molecule has 2 aromatic rings. The summed E-state index contributed by atoms with van der Waals surface area (Å²) in [5, 5.41) is 3.09. The van der Waals surface area contributed by atoms with E-state index in [1.165, 1.54) is 16.7 Å². The van der Waals surface area contributed by atoms with Gasteiger partial charge in [0.2, 0.25) is 0 Å². The average molecular weight is 532 g/mol. The maximum atomic E-state index is 12.9. The van der Waals surface area contributed by atoms with E-state index in [0.717, 1.165) is 67.6 Å². The Morgan fingerprint density at radius 1 is 1.03 bits per heavy atom. The maximum Gasteiger partial charge on any atom is 0.251 e. The zero-order chi connectivity index (χ0) is 21.0. The fraction of sp³-hybridized carbons (Fsp3) is 0.423. The van der Waals surface area contributed by atoms with Crippen LogP contribution in [0.25, 0.3) is 6.08 Å². The third-order valence-electron chi connectivity index (χ3n) is 6.55. The highest BCUT2D eigenvalue weighted by Gasteiger charge is 2.30. The van der Waals surface area contributed by atoms with E-state index in [9.17, 15) is 4.79 Å². The molecule has 0 bridgehead atoms. The number of fused-ring (bicyclic) bond motifs is 1. The molecule has 0 spiro atoms. The number of carbonyl (C=O) groups excluding carboxylic acids is 1. The molecule has 0 atom stereocenters. The predicted molar refractivity (Wildman–Crippen MR) is 122 cm³/mol. The minimum Gasteiger partial charge on any atom is -1.00 e. The van der Waals surface area contributed by atoms with Gasteiger partial charge in [0.1, 0.15) is 6.54 Å². The smallest absolute Gasteiger partial charge is 0.251 e. The van der Waals surface area contributed by atoms with Crippen LogP contribution < -0.4 is 29.3 Å². The van der Waals surface area contributed by atoms with Crippen LogP contribution in [-0.4, -0.2) is 43.7 Å². The van der Waals surface area contributed by atoms with Gasteiger partial charge < -0.3 is 38.5 Å². The number of ether oxygens (including phenoxy) is 1. The van der Waals surface area contributed by atoms with E-state index in [1.807, 2.05) is 18.2 Å². The number of nitrogens with one attached hydrogen (secondary N) is 1. The first-order valence-electron chi connectivity index (χ1n) is 11.1. The van der Waals surface area contributed by atoms with Crippen LogP contribution in [0.5, 0.6) is 0 Å². The van der Waals surface area contributed by atoms with Gasteiger partial charge in [-0.1, -0.05) is 36.4 Å². The van der Waals surface area contributed by atoms with Crippen LogP contribution >= 0.6 is 0 Å². The quantitative estimate of drug-likeness (QED) is 0.472. The summed E-state index contributed by atoms with van der Waals surface area (Å²) in [6.07, 6.45) is 7.15. The van der Waals surface area contributed by atoms with Gasteiger partial charge in [0.25, 0.3) is 5.91 Å². The van der Waals surface area contributed by atoms with Gasteiger partial charge in [0.15, 0.2) is 0 Å². The number of amides is 1. The number of aryl methyl sites for hydroxylation is 1. The Kier molecular flexibility index (Phi) is 8.30. The molecular formula is C26H33IN2O2. The van der Waals surface area contributed by atoms with E-state index in [1.54, 1.807) is 0 Å². The first-order valence-corrected chi connectivity index (χ1v) is 11.1. The van der Waals surface area contributed by atoms with Gasteiger partial charge in [-0.25, -0.2) is 0 Å². The first kappa shape index (κ1) is 24.0. The number of carbonyl (C=O) groups is 1. The molecule has 0 aromatic heterocycles. The number of anilines is 1. The molecule has 1 aliphatic carbocycles. The van der Waals surface area contributed by atoms with Gasteiger partial charge in [-0.2, -0.15) is 0 Å². The molecule has 1 amide bonds. The van der Waals surface area contributed by atoms with Crippen molar-refractivity contribution in [2.45, 2.75) is 44.7 Å². The normalized spacial score (nSPS) is 17.0. The maximum absolute atomic E-state index is 12.9. The van der Waals surface area contributed by atoms with E-state index in [4.69, 9.17) is 4.74 Å². The van der Waals surface area contributed by atoms with E-state index < -0.39 is 0 Å². The highest BCUT2D eigenvalue weighted by Crippen LogP contribution is 2.25. The van der Waals surface area contributed by atoms with Crippen LogP contribution in [0, 0.1) is 0 Å². The van der Waals surface area contributed by atoms with Gasteiger partial charge in [-0.15, -0.1) is 0 Å². The summed E-state index contributed by atoms with van der Waals surface area (Å²) in [5.41, 5.74) is 5.52. The summed E-state index contributed by atoms with van der Waals surface area (Å²) >= 11 is 0. The number of hydrogen-bond acceptors (Lipinski definition) is 2. The average Bonchev–Trinajstić information content (AvgIpc) is 2.98. The Bertz CT molecular complexity index is 915. The van der Waals surface area contributed by atoms with Crippen molar-refractivity contribution < 1.29 is 38.0 Å². The molecule has 1 aliphatic heterocycles. The van der Waals surface area contributed by atoms with Crippen molar-refractivity contribution in [3.63, 3.8) is 0 Å². The van der Waals surface area contributed by atoms with E-state index in [0.29, 0.717) is 6.04 Å². The lowest BCUT2D eigenvalue weighted by atomic mass is 10.0. The van der Waals surface area contributed by atoms with Crippen LogP contribution in [0.1, 0.15) is 42.4 Å². The first-order chi connectivity index (χ1) is 14.5. The molecule has 1 saturated heterocycles. The molecule has 0 unspecified atom stereocenters. The number of rotatable bonds is 5. The SMILES string of the molecule is C[N+](C)(Cc1ccc(NC(=O)C2=Cc3ccccc3CCC2)cc1)C1CCOCC1.[I-]. The summed E-state index contributed by atoms with van der Waals surface area (Å²) in [7, 11) is 4.62. The fourth-order valence-corrected chi connectivity index (χ4v) is 4.70. The third-order valence-corrected chi connectivity index (χ3v) is 6.55. The van der Waals surface area contributed by atoms with Gasteiger partial charge >= 0.3 is 0 Å². The van der Waals surface area contributed by atoms with Crippen molar-refractivity contribution >= 4 is 17.7 Å². The standard InChI is InChI=1S/C26H32N2O2.HI/c1-28(2,25-14-16-30-17-15-25)19-20-10-12-24(13-11-20)27-26(29)23-9-5-8-21-6-3-4-7-22(21)18-23;/h3-4,6-7,10-13,18,25H,5,8-9,14-17,19H2,1-2H3;1H. The van der Waals surface area contributed by atoms with Crippen LogP contribution in [0.2, 0.25) is 0 Å². The molecule has 5 heteroatoms. The van der Waals surface area contributed by atoms with Crippen molar-refractivity contribution in [1.82, 2.24) is 0 Å². The second kappa shape index (κ2) is 10.7. The second-order valence-corrected chi connectivity index (χ2v) is 9.15. The molecule has 1 N–H and O–H groups in total. The number of hydrogen-bond donors (Lipinski definition) is 1. The molecule has 2 aliphatic rings. The largest absolute Gasteiger partial charge is 1.00 e. The lowest BCUT2D eigenvalue weighted by Crippen LogP contribution is -3.00. The van der Waals surface area contributed by atoms with Crippen molar-refractivity contribution in [3.05, 3.63) is 70.8 Å². The highest BCUT2D eigenvalue weighted by atomic mass is 127. The topological polar surface area (TPSA) is 38.3 Å². The van der Waals surface area contributed by atoms with Crippen LogP contribution in [-0.2, 0) is 22.5 Å². The number of benzene rings is 2. The molecule has 2 aromatic carbocycles. The lowest BCUT2D eigenvalue weighted by molar-refractivity contribution is -0.929. The Balaban J connectivity index is 0.00000272. The van der Waals surface area contributed by atoms with Gasteiger partial charge in [0.05, 0.1) is 33.4 Å². The van der Waals surface area contributed by atoms with Crippen LogP contribution in [0.3, 0.4) is 0 Å². The summed E-state index contributed by atoms with van der Waals surface area (Å²) in [4.78, 5) is 12.9. The number of quaternary nitrogens is 1. The van der Waals surface area contributed by atoms with E-state index in [-0.39, 0.29) is 29.9 Å². The van der Waals surface area contributed by atoms with E-state index in [2.05, 4.69) is 55.8 Å². The molecule has 4 rings (SSSR count). The Labute approximate surface area is 203 Å². The molecule has 1 heterocycles. The predicted octanol–water partition coefficient (Wildman–Crippen LogP) is 1.80. The van der Waals surface area contributed by atoms with Gasteiger partial charge in [0, 0.05) is 29.7 Å². The molecule has 0 radical (unpaired) electrons. The Hall–Kier alpha value is -1.70. The molecule has 0 saturated carbocycles. The Morgan fingerprint density at radius 3 is 2.48 bits per heavy atom. The third kappa shape index (κ3) is 6.18. The summed E-state index contributed by atoms with van der Waals surface area (Å²) < 4.78 is 6.49. The van der Waals surface area contributed by atoms with E-state index >= 15 is 0 Å². The number of halogens is 1. The van der Waals surface area contributed by atoms with Crippen LogP contribution in [0.15, 0.2) is 54.1 Å². The highest BCUT2D eigenvalue weighted by molar-refractivity contribution is 6.06. The van der Waals surface area contributed by atoms with Crippen molar-refractivity contribution in [3.8, 4) is 0 Å². The van der Waals surface area contributed by atoms with Gasteiger partial charge in [-0.3, -0.25) is 4.79 Å². The zero-order valence-corrected chi connectivity index (χ0v) is 20.7. The Morgan fingerprint density at radius 2 is 1.74 bits per heavy atom. The zero-order valence-electron chi connectivity index (χ0n) is 18.6. The minimum atomic E-state index is 0. The lowest BCUT2D eigenvalue weighted by Gasteiger charge is -2.40. The monoisotopic (exact) mass is 532 g/mol. The second-order valence-electron chi connectivity index (χ2n) is 9.15. The summed E-state index contributed by atoms with van der Waals surface area (Å²) in [6, 6.07) is 17.4. The summed E-state index contributed by atoms with van der Waals surface area (Å²) in [5.74, 6) is 0.0118. The summed E-state index contributed by atoms with van der Waals surface area (Å²) in [6.45, 7) is 2.73. The van der Waals surface area contributed by atoms with Crippen molar-refractivity contribution in [1.29, 1.82) is 0 Å². The van der Waals surface area contributed by atoms with Crippen molar-refractivity contribution in [2.75, 3.05) is 32.6 Å². The number of nitrogens with zero attached hydrogens (tertiary/aromatic N) is 1. The molecule has 166 valence electrons. The van der Waals surface area contributed by atoms with Crippen LogP contribution in [0.4, 0.5) is 5.69 Å². The minimum absolute atomic E-state index is 0. The fourth-order valence-electron chi connectivity index (χ4n) is 4.70. The van der Waals surface area contributed by atoms with Gasteiger partial charge in [-0.05, 0) is 48.6 Å². The van der Waals surface area contributed by atoms with Crippen molar-refractivity contribution in [2.24, 2.45) is 0 Å².